The number of carbonyl (C=O) groups excluding carboxylic acids is 1. The number of pyridine rings is 1. The van der Waals surface area contributed by atoms with Gasteiger partial charge >= 0.3 is 0 Å². The van der Waals surface area contributed by atoms with E-state index in [2.05, 4.69) is 15.6 Å². The molecular formula is C20H17ClFN3O2. The second-order valence-electron chi connectivity index (χ2n) is 5.79. The van der Waals surface area contributed by atoms with E-state index in [4.69, 9.17) is 16.3 Å². The molecule has 0 unspecified atom stereocenters. The summed E-state index contributed by atoms with van der Waals surface area (Å²) in [5, 5.41) is 6.38. The molecule has 0 aliphatic rings. The molecule has 1 heterocycles. The number of nitrogens with one attached hydrogen (secondary N) is 2. The van der Waals surface area contributed by atoms with Crippen LogP contribution >= 0.6 is 11.6 Å². The molecule has 3 rings (SSSR count). The molecule has 0 saturated heterocycles. The second kappa shape index (κ2) is 8.05. The fourth-order valence-corrected chi connectivity index (χ4v) is 2.61. The van der Waals surface area contributed by atoms with Gasteiger partial charge in [-0.05, 0) is 42.8 Å². The average Bonchev–Trinajstić information content (AvgIpc) is 2.66. The van der Waals surface area contributed by atoms with Gasteiger partial charge in [-0.2, -0.15) is 0 Å². The maximum atomic E-state index is 13.7. The molecule has 0 atom stereocenters. The standard InChI is InChI=1S/C20H17ClFN3O2/c1-12-9-17(18(27-2)10-15(12)21)24-13-7-8-19(23-11-13)25-20(26)14-5-3-4-6-16(14)22/h3-11,24H,1-2H3,(H,23,25,26). The summed E-state index contributed by atoms with van der Waals surface area (Å²) in [6.07, 6.45) is 1.56. The molecule has 27 heavy (non-hydrogen) atoms. The number of ether oxygens (including phenoxy) is 1. The molecule has 1 aromatic heterocycles. The van der Waals surface area contributed by atoms with Crippen molar-refractivity contribution in [1.29, 1.82) is 0 Å². The molecule has 1 amide bonds. The Bertz CT molecular complexity index is 977. The third kappa shape index (κ3) is 4.35. The van der Waals surface area contributed by atoms with Crippen LogP contribution in [0.15, 0.2) is 54.7 Å². The van der Waals surface area contributed by atoms with Gasteiger partial charge in [0.15, 0.2) is 0 Å². The summed E-state index contributed by atoms with van der Waals surface area (Å²) in [6, 6.07) is 12.7. The molecule has 0 bridgehead atoms. The zero-order valence-corrected chi connectivity index (χ0v) is 15.5. The summed E-state index contributed by atoms with van der Waals surface area (Å²) >= 11 is 6.11. The van der Waals surface area contributed by atoms with Crippen molar-refractivity contribution < 1.29 is 13.9 Å². The van der Waals surface area contributed by atoms with Crippen LogP contribution in [0.2, 0.25) is 5.02 Å². The Balaban J connectivity index is 1.74. The molecule has 138 valence electrons. The van der Waals surface area contributed by atoms with Gasteiger partial charge in [0.2, 0.25) is 0 Å². The number of aryl methyl sites for hydroxylation is 1. The number of carbonyl (C=O) groups is 1. The van der Waals surface area contributed by atoms with Crippen LogP contribution in [0.3, 0.4) is 0 Å². The first-order chi connectivity index (χ1) is 13.0. The summed E-state index contributed by atoms with van der Waals surface area (Å²) in [4.78, 5) is 16.3. The third-order valence-electron chi connectivity index (χ3n) is 3.88. The number of rotatable bonds is 5. The summed E-state index contributed by atoms with van der Waals surface area (Å²) in [5.41, 5.74) is 2.30. The van der Waals surface area contributed by atoms with Gasteiger partial charge in [-0.3, -0.25) is 4.79 Å². The lowest BCUT2D eigenvalue weighted by Gasteiger charge is -2.13. The lowest BCUT2D eigenvalue weighted by Crippen LogP contribution is -2.14. The van der Waals surface area contributed by atoms with E-state index in [1.54, 1.807) is 37.6 Å². The quantitative estimate of drug-likeness (QED) is 0.634. The molecular weight excluding hydrogens is 369 g/mol. The van der Waals surface area contributed by atoms with Crippen molar-refractivity contribution >= 4 is 34.7 Å². The van der Waals surface area contributed by atoms with E-state index in [0.717, 1.165) is 11.3 Å². The summed E-state index contributed by atoms with van der Waals surface area (Å²) in [7, 11) is 1.56. The smallest absolute Gasteiger partial charge is 0.259 e. The van der Waals surface area contributed by atoms with Gasteiger partial charge in [0, 0.05) is 11.1 Å². The normalized spacial score (nSPS) is 10.4. The lowest BCUT2D eigenvalue weighted by molar-refractivity contribution is 0.102. The predicted octanol–water partition coefficient (Wildman–Crippen LogP) is 5.19. The SMILES string of the molecule is COc1cc(Cl)c(C)cc1Nc1ccc(NC(=O)c2ccccc2F)nc1. The molecule has 0 fully saturated rings. The predicted molar refractivity (Wildman–Crippen MR) is 105 cm³/mol. The molecule has 0 aliphatic heterocycles. The molecule has 2 N–H and O–H groups in total. The number of aromatic nitrogens is 1. The number of halogens is 2. The van der Waals surface area contributed by atoms with E-state index in [-0.39, 0.29) is 5.56 Å². The van der Waals surface area contributed by atoms with Gasteiger partial charge in [0.05, 0.1) is 30.2 Å². The second-order valence-corrected chi connectivity index (χ2v) is 6.20. The number of anilines is 3. The Morgan fingerprint density at radius 1 is 1.19 bits per heavy atom. The Morgan fingerprint density at radius 2 is 1.96 bits per heavy atom. The highest BCUT2D eigenvalue weighted by Gasteiger charge is 2.12. The van der Waals surface area contributed by atoms with Crippen LogP contribution in [-0.2, 0) is 0 Å². The summed E-state index contributed by atoms with van der Waals surface area (Å²) in [5.74, 6) is -0.231. The monoisotopic (exact) mass is 385 g/mol. The van der Waals surface area contributed by atoms with Gasteiger partial charge in [-0.15, -0.1) is 0 Å². The third-order valence-corrected chi connectivity index (χ3v) is 4.29. The number of benzene rings is 2. The van der Waals surface area contributed by atoms with E-state index < -0.39 is 11.7 Å². The van der Waals surface area contributed by atoms with Crippen molar-refractivity contribution in [2.24, 2.45) is 0 Å². The molecule has 5 nitrogen and oxygen atoms in total. The van der Waals surface area contributed by atoms with E-state index in [0.29, 0.717) is 22.3 Å². The van der Waals surface area contributed by atoms with E-state index in [1.165, 1.54) is 18.2 Å². The first-order valence-electron chi connectivity index (χ1n) is 8.11. The minimum absolute atomic E-state index is 0.0390. The number of amides is 1. The summed E-state index contributed by atoms with van der Waals surface area (Å²) in [6.45, 7) is 1.90. The van der Waals surface area contributed by atoms with E-state index in [1.807, 2.05) is 13.0 Å². The van der Waals surface area contributed by atoms with E-state index in [9.17, 15) is 9.18 Å². The fourth-order valence-electron chi connectivity index (χ4n) is 2.46. The molecule has 2 aromatic carbocycles. The van der Waals surface area contributed by atoms with Crippen LogP contribution in [0.1, 0.15) is 15.9 Å². The maximum Gasteiger partial charge on any atom is 0.259 e. The first-order valence-corrected chi connectivity index (χ1v) is 8.49. The zero-order chi connectivity index (χ0) is 19.4. The Labute approximate surface area is 161 Å². The Kier molecular flexibility index (Phi) is 5.57. The van der Waals surface area contributed by atoms with Gasteiger partial charge in [-0.25, -0.2) is 9.37 Å². The molecule has 7 heteroatoms. The van der Waals surface area contributed by atoms with Gasteiger partial charge in [0.1, 0.15) is 17.4 Å². The molecule has 0 spiro atoms. The molecule has 0 aliphatic carbocycles. The highest BCUT2D eigenvalue weighted by molar-refractivity contribution is 6.31. The highest BCUT2D eigenvalue weighted by atomic mass is 35.5. The van der Waals surface area contributed by atoms with Crippen LogP contribution in [0.4, 0.5) is 21.6 Å². The molecule has 0 radical (unpaired) electrons. The topological polar surface area (TPSA) is 63.2 Å². The minimum Gasteiger partial charge on any atom is -0.495 e. The number of hydrogen-bond acceptors (Lipinski definition) is 4. The minimum atomic E-state index is -0.585. The average molecular weight is 386 g/mol. The van der Waals surface area contributed by atoms with Crippen molar-refractivity contribution in [3.63, 3.8) is 0 Å². The van der Waals surface area contributed by atoms with Gasteiger partial charge in [-0.1, -0.05) is 23.7 Å². The van der Waals surface area contributed by atoms with Gasteiger partial charge < -0.3 is 15.4 Å². The molecule has 3 aromatic rings. The number of hydrogen-bond donors (Lipinski definition) is 2. The maximum absolute atomic E-state index is 13.7. The van der Waals surface area contributed by atoms with Crippen LogP contribution < -0.4 is 15.4 Å². The zero-order valence-electron chi connectivity index (χ0n) is 14.7. The Hall–Kier alpha value is -3.12. The Morgan fingerprint density at radius 3 is 2.63 bits per heavy atom. The number of nitrogens with zero attached hydrogens (tertiary/aromatic N) is 1. The lowest BCUT2D eigenvalue weighted by atomic mass is 10.2. The largest absolute Gasteiger partial charge is 0.495 e. The van der Waals surface area contributed by atoms with Crippen LogP contribution in [0.25, 0.3) is 0 Å². The van der Waals surface area contributed by atoms with Crippen molar-refractivity contribution in [2.75, 3.05) is 17.7 Å². The van der Waals surface area contributed by atoms with Crippen molar-refractivity contribution in [2.45, 2.75) is 6.92 Å². The summed E-state index contributed by atoms with van der Waals surface area (Å²) < 4.78 is 19.0. The van der Waals surface area contributed by atoms with Crippen molar-refractivity contribution in [3.05, 3.63) is 76.7 Å². The van der Waals surface area contributed by atoms with Crippen LogP contribution in [0.5, 0.6) is 5.75 Å². The van der Waals surface area contributed by atoms with E-state index >= 15 is 0 Å². The molecule has 0 saturated carbocycles. The highest BCUT2D eigenvalue weighted by Crippen LogP contribution is 2.33. The van der Waals surface area contributed by atoms with Crippen molar-refractivity contribution in [3.8, 4) is 5.75 Å². The fraction of sp³-hybridized carbons (Fsp3) is 0.100. The first kappa shape index (κ1) is 18.7. The van der Waals surface area contributed by atoms with Crippen LogP contribution in [-0.4, -0.2) is 18.0 Å². The van der Waals surface area contributed by atoms with Gasteiger partial charge in [0.25, 0.3) is 5.91 Å². The van der Waals surface area contributed by atoms with Crippen LogP contribution in [0, 0.1) is 12.7 Å². The van der Waals surface area contributed by atoms with Crippen molar-refractivity contribution in [1.82, 2.24) is 4.98 Å². The number of methoxy groups -OCH3 is 1.